The molecule has 1 aromatic heterocycles. The Morgan fingerprint density at radius 2 is 2.04 bits per heavy atom. The maximum absolute atomic E-state index is 12.4. The van der Waals surface area contributed by atoms with E-state index in [0.717, 1.165) is 31.8 Å². The molecule has 7 heteroatoms. The fourth-order valence-corrected chi connectivity index (χ4v) is 3.69. The number of rotatable bonds is 5. The Bertz CT molecular complexity index is 763. The molecule has 0 spiro atoms. The summed E-state index contributed by atoms with van der Waals surface area (Å²) in [5, 5.41) is 0. The van der Waals surface area contributed by atoms with Gasteiger partial charge in [0.2, 0.25) is 0 Å². The van der Waals surface area contributed by atoms with Crippen molar-refractivity contribution in [2.45, 2.75) is 24.5 Å². The summed E-state index contributed by atoms with van der Waals surface area (Å²) in [6.45, 7) is 5.38. The molecule has 1 aliphatic heterocycles. The third-order valence-corrected chi connectivity index (χ3v) is 5.24. The van der Waals surface area contributed by atoms with Gasteiger partial charge in [-0.15, -0.1) is 0 Å². The lowest BCUT2D eigenvalue weighted by molar-refractivity contribution is -0.0212. The van der Waals surface area contributed by atoms with Crippen molar-refractivity contribution in [2.24, 2.45) is 0 Å². The lowest BCUT2D eigenvalue weighted by Gasteiger charge is -2.31. The third kappa shape index (κ3) is 4.31. The van der Waals surface area contributed by atoms with Crippen LogP contribution in [0.25, 0.3) is 0 Å². The molecule has 0 radical (unpaired) electrons. The van der Waals surface area contributed by atoms with Gasteiger partial charge >= 0.3 is 0 Å². The van der Waals surface area contributed by atoms with Gasteiger partial charge in [0.25, 0.3) is 10.0 Å². The Kier molecular flexibility index (Phi) is 5.13. The van der Waals surface area contributed by atoms with Gasteiger partial charge in [-0.1, -0.05) is 18.2 Å². The summed E-state index contributed by atoms with van der Waals surface area (Å²) in [7, 11) is -3.62. The molecular formula is C17H21N3O3S. The van der Waals surface area contributed by atoms with Crippen LogP contribution in [0.1, 0.15) is 12.5 Å². The van der Waals surface area contributed by atoms with Crippen molar-refractivity contribution in [1.82, 2.24) is 9.88 Å². The first-order chi connectivity index (χ1) is 11.5. The van der Waals surface area contributed by atoms with E-state index in [-0.39, 0.29) is 11.0 Å². The van der Waals surface area contributed by atoms with E-state index < -0.39 is 10.0 Å². The van der Waals surface area contributed by atoms with Crippen molar-refractivity contribution in [1.29, 1.82) is 0 Å². The van der Waals surface area contributed by atoms with Crippen LogP contribution in [0.5, 0.6) is 0 Å². The zero-order valence-electron chi connectivity index (χ0n) is 13.6. The van der Waals surface area contributed by atoms with Gasteiger partial charge in [0.15, 0.2) is 0 Å². The molecule has 1 saturated heterocycles. The van der Waals surface area contributed by atoms with Crippen LogP contribution in [0.2, 0.25) is 0 Å². The predicted molar refractivity (Wildman–Crippen MR) is 92.2 cm³/mol. The molecule has 1 N–H and O–H groups in total. The number of pyridine rings is 1. The quantitative estimate of drug-likeness (QED) is 0.897. The molecule has 24 heavy (non-hydrogen) atoms. The van der Waals surface area contributed by atoms with Crippen LogP contribution < -0.4 is 4.72 Å². The summed E-state index contributed by atoms with van der Waals surface area (Å²) in [5.41, 5.74) is 1.08. The fraction of sp³-hybridized carbons (Fsp3) is 0.353. The van der Waals surface area contributed by atoms with Gasteiger partial charge in [-0.05, 0) is 36.8 Å². The number of benzene rings is 1. The largest absolute Gasteiger partial charge is 0.376 e. The SMILES string of the molecule is C[C@H]1CN(Cc2ccc(S(=O)(=O)Nc3ccccn3)cc2)CCO1. The van der Waals surface area contributed by atoms with E-state index in [1.165, 1.54) is 0 Å². The van der Waals surface area contributed by atoms with Crippen molar-refractivity contribution in [3.05, 3.63) is 54.2 Å². The standard InChI is InChI=1S/C17H21N3O3S/c1-14-12-20(10-11-23-14)13-15-5-7-16(8-6-15)24(21,22)19-17-4-2-3-9-18-17/h2-9,14H,10-13H2,1H3,(H,18,19)/t14-/m0/s1. The molecule has 3 rings (SSSR count). The second-order valence-corrected chi connectivity index (χ2v) is 7.56. The van der Waals surface area contributed by atoms with Crippen LogP contribution in [0.4, 0.5) is 5.82 Å². The summed E-state index contributed by atoms with van der Waals surface area (Å²) >= 11 is 0. The van der Waals surface area contributed by atoms with Crippen LogP contribution in [0.3, 0.4) is 0 Å². The van der Waals surface area contributed by atoms with E-state index in [4.69, 9.17) is 4.74 Å². The molecule has 1 atom stereocenters. The number of hydrogen-bond acceptors (Lipinski definition) is 5. The summed E-state index contributed by atoms with van der Waals surface area (Å²) in [5.74, 6) is 0.309. The Hall–Kier alpha value is -1.96. The number of nitrogens with one attached hydrogen (secondary N) is 1. The summed E-state index contributed by atoms with van der Waals surface area (Å²) in [4.78, 5) is 6.52. The Morgan fingerprint density at radius 3 is 2.71 bits per heavy atom. The fourth-order valence-electron chi connectivity index (χ4n) is 2.69. The lowest BCUT2D eigenvalue weighted by atomic mass is 10.2. The molecule has 0 amide bonds. The van der Waals surface area contributed by atoms with E-state index in [2.05, 4.69) is 21.5 Å². The highest BCUT2D eigenvalue weighted by Crippen LogP contribution is 2.16. The average Bonchev–Trinajstić information content (AvgIpc) is 2.56. The first-order valence-electron chi connectivity index (χ1n) is 7.90. The van der Waals surface area contributed by atoms with Gasteiger partial charge in [-0.25, -0.2) is 13.4 Å². The van der Waals surface area contributed by atoms with Gasteiger partial charge in [0.1, 0.15) is 5.82 Å². The number of morpholine rings is 1. The first kappa shape index (κ1) is 16.9. The smallest absolute Gasteiger partial charge is 0.263 e. The topological polar surface area (TPSA) is 71.5 Å². The van der Waals surface area contributed by atoms with Gasteiger partial charge in [0.05, 0.1) is 17.6 Å². The number of sulfonamides is 1. The van der Waals surface area contributed by atoms with Crippen LogP contribution in [-0.4, -0.2) is 44.1 Å². The molecule has 0 saturated carbocycles. The zero-order valence-corrected chi connectivity index (χ0v) is 14.4. The zero-order chi connectivity index (χ0) is 17.0. The average molecular weight is 347 g/mol. The lowest BCUT2D eigenvalue weighted by Crippen LogP contribution is -2.40. The number of nitrogens with zero attached hydrogens (tertiary/aromatic N) is 2. The summed E-state index contributed by atoms with van der Waals surface area (Å²) < 4.78 is 32.7. The molecule has 2 aromatic rings. The molecule has 0 aliphatic carbocycles. The number of ether oxygens (including phenoxy) is 1. The first-order valence-corrected chi connectivity index (χ1v) is 9.38. The molecule has 128 valence electrons. The Balaban J connectivity index is 1.67. The highest BCUT2D eigenvalue weighted by atomic mass is 32.2. The number of hydrogen-bond donors (Lipinski definition) is 1. The summed E-state index contributed by atoms with van der Waals surface area (Å²) in [6, 6.07) is 12.1. The summed E-state index contributed by atoms with van der Waals surface area (Å²) in [6.07, 6.45) is 1.78. The number of anilines is 1. The molecule has 2 heterocycles. The Labute approximate surface area is 142 Å². The second kappa shape index (κ2) is 7.29. The van der Waals surface area contributed by atoms with Crippen LogP contribution in [0, 0.1) is 0 Å². The van der Waals surface area contributed by atoms with E-state index >= 15 is 0 Å². The van der Waals surface area contributed by atoms with E-state index in [9.17, 15) is 8.42 Å². The van der Waals surface area contributed by atoms with E-state index in [1.807, 2.05) is 12.1 Å². The van der Waals surface area contributed by atoms with Gasteiger partial charge in [-0.2, -0.15) is 0 Å². The van der Waals surface area contributed by atoms with E-state index in [1.54, 1.807) is 36.5 Å². The minimum Gasteiger partial charge on any atom is -0.376 e. The van der Waals surface area contributed by atoms with Crippen LogP contribution in [0.15, 0.2) is 53.6 Å². The molecule has 0 unspecified atom stereocenters. The molecular weight excluding hydrogens is 326 g/mol. The second-order valence-electron chi connectivity index (χ2n) is 5.88. The monoisotopic (exact) mass is 347 g/mol. The maximum Gasteiger partial charge on any atom is 0.263 e. The molecule has 1 aliphatic rings. The molecule has 6 nitrogen and oxygen atoms in total. The van der Waals surface area contributed by atoms with Gasteiger partial charge in [-0.3, -0.25) is 9.62 Å². The molecule has 0 bridgehead atoms. The Morgan fingerprint density at radius 1 is 1.25 bits per heavy atom. The van der Waals surface area contributed by atoms with Crippen molar-refractivity contribution in [3.63, 3.8) is 0 Å². The van der Waals surface area contributed by atoms with Gasteiger partial charge < -0.3 is 4.74 Å². The highest BCUT2D eigenvalue weighted by molar-refractivity contribution is 7.92. The minimum atomic E-state index is -3.62. The van der Waals surface area contributed by atoms with Crippen molar-refractivity contribution < 1.29 is 13.2 Å². The van der Waals surface area contributed by atoms with Crippen molar-refractivity contribution in [2.75, 3.05) is 24.4 Å². The molecule has 1 fully saturated rings. The normalized spacial score (nSPS) is 19.1. The highest BCUT2D eigenvalue weighted by Gasteiger charge is 2.18. The predicted octanol–water partition coefficient (Wildman–Crippen LogP) is 2.10. The van der Waals surface area contributed by atoms with Crippen LogP contribution >= 0.6 is 0 Å². The minimum absolute atomic E-state index is 0.229. The van der Waals surface area contributed by atoms with E-state index in [0.29, 0.717) is 5.82 Å². The van der Waals surface area contributed by atoms with Crippen LogP contribution in [-0.2, 0) is 21.3 Å². The van der Waals surface area contributed by atoms with Crippen molar-refractivity contribution >= 4 is 15.8 Å². The third-order valence-electron chi connectivity index (χ3n) is 3.87. The number of aromatic nitrogens is 1. The van der Waals surface area contributed by atoms with Gasteiger partial charge in [0, 0.05) is 25.8 Å². The molecule has 1 aromatic carbocycles. The van der Waals surface area contributed by atoms with Crippen molar-refractivity contribution in [3.8, 4) is 0 Å². The maximum atomic E-state index is 12.4.